The van der Waals surface area contributed by atoms with Gasteiger partial charge in [0.25, 0.3) is 0 Å². The van der Waals surface area contributed by atoms with E-state index >= 15 is 0 Å². The highest BCUT2D eigenvalue weighted by Crippen LogP contribution is 2.19. The van der Waals surface area contributed by atoms with E-state index in [4.69, 9.17) is 9.84 Å². The quantitative estimate of drug-likeness (QED) is 0.847. The maximum atomic E-state index is 10.7. The summed E-state index contributed by atoms with van der Waals surface area (Å²) in [5, 5.41) is 8.77. The molecule has 1 heterocycles. The van der Waals surface area contributed by atoms with Gasteiger partial charge in [-0.05, 0) is 31.2 Å². The molecule has 0 unspecified atom stereocenters. The monoisotopic (exact) mass is 232 g/mol. The molecule has 0 aliphatic heterocycles. The number of nitrogens with zero attached hydrogens (tertiary/aromatic N) is 1. The van der Waals surface area contributed by atoms with Crippen LogP contribution >= 0.6 is 0 Å². The van der Waals surface area contributed by atoms with E-state index in [-0.39, 0.29) is 5.69 Å². The summed E-state index contributed by atoms with van der Waals surface area (Å²) in [5.41, 5.74) is 0.898. The zero-order chi connectivity index (χ0) is 12.3. The minimum Gasteiger partial charge on any atom is -0.494 e. The van der Waals surface area contributed by atoms with Gasteiger partial charge in [0.15, 0.2) is 0 Å². The zero-order valence-electron chi connectivity index (χ0n) is 9.30. The smallest absolute Gasteiger partial charge is 0.353 e. The normalized spacial score (nSPS) is 10.2. The Morgan fingerprint density at radius 3 is 2.65 bits per heavy atom. The van der Waals surface area contributed by atoms with E-state index in [2.05, 4.69) is 9.97 Å². The molecule has 2 rings (SSSR count). The molecule has 0 atom stereocenters. The number of aromatic amines is 1. The first kappa shape index (κ1) is 11.2. The molecule has 0 radical (unpaired) electrons. The summed E-state index contributed by atoms with van der Waals surface area (Å²) >= 11 is 0. The number of H-pyrrole nitrogens is 1. The molecule has 0 amide bonds. The van der Waals surface area contributed by atoms with Crippen molar-refractivity contribution >= 4 is 5.97 Å². The predicted molar refractivity (Wildman–Crippen MR) is 62.2 cm³/mol. The first-order valence-electron chi connectivity index (χ1n) is 5.22. The second kappa shape index (κ2) is 4.69. The fourth-order valence-corrected chi connectivity index (χ4v) is 1.45. The van der Waals surface area contributed by atoms with Crippen molar-refractivity contribution in [2.45, 2.75) is 6.92 Å². The van der Waals surface area contributed by atoms with Crippen LogP contribution in [0.15, 0.2) is 30.5 Å². The number of aromatic nitrogens is 2. The first-order valence-corrected chi connectivity index (χ1v) is 5.22. The summed E-state index contributed by atoms with van der Waals surface area (Å²) in [6, 6.07) is 7.30. The minimum atomic E-state index is -1.02. The topological polar surface area (TPSA) is 75.2 Å². The molecule has 0 aliphatic rings. The van der Waals surface area contributed by atoms with Crippen LogP contribution in [0.4, 0.5) is 0 Å². The van der Waals surface area contributed by atoms with Crippen molar-refractivity contribution in [1.29, 1.82) is 0 Å². The van der Waals surface area contributed by atoms with Gasteiger partial charge in [0, 0.05) is 5.56 Å². The lowest BCUT2D eigenvalue weighted by atomic mass is 10.2. The van der Waals surface area contributed by atoms with Crippen molar-refractivity contribution < 1.29 is 14.6 Å². The third-order valence-corrected chi connectivity index (χ3v) is 2.24. The Labute approximate surface area is 98.1 Å². The number of carboxylic acid groups (broad SMARTS) is 1. The second-order valence-electron chi connectivity index (χ2n) is 3.41. The summed E-state index contributed by atoms with van der Waals surface area (Å²) in [7, 11) is 0. The first-order chi connectivity index (χ1) is 8.20. The van der Waals surface area contributed by atoms with Crippen LogP contribution in [0, 0.1) is 0 Å². The maximum absolute atomic E-state index is 10.7. The fraction of sp³-hybridized carbons (Fsp3) is 0.167. The van der Waals surface area contributed by atoms with Gasteiger partial charge in [-0.2, -0.15) is 0 Å². The van der Waals surface area contributed by atoms with Gasteiger partial charge < -0.3 is 14.8 Å². The minimum absolute atomic E-state index is 0.0777. The third kappa shape index (κ3) is 2.44. The number of benzene rings is 1. The van der Waals surface area contributed by atoms with Crippen LogP contribution in [-0.4, -0.2) is 27.7 Å². The van der Waals surface area contributed by atoms with Gasteiger partial charge in [-0.3, -0.25) is 0 Å². The summed E-state index contributed by atoms with van der Waals surface area (Å²) < 4.78 is 5.32. The molecule has 1 aromatic carbocycles. The van der Waals surface area contributed by atoms with Crippen molar-refractivity contribution in [2.75, 3.05) is 6.61 Å². The summed E-state index contributed by atoms with van der Waals surface area (Å²) in [5.74, 6) is 0.293. The molecule has 0 saturated carbocycles. The molecular weight excluding hydrogens is 220 g/mol. The van der Waals surface area contributed by atoms with Crippen molar-refractivity contribution in [3.8, 4) is 17.1 Å². The number of hydrogen-bond donors (Lipinski definition) is 2. The van der Waals surface area contributed by atoms with E-state index in [1.165, 1.54) is 6.20 Å². The van der Waals surface area contributed by atoms with Gasteiger partial charge >= 0.3 is 5.97 Å². The maximum Gasteiger partial charge on any atom is 0.353 e. The Kier molecular flexibility index (Phi) is 3.09. The molecule has 5 heteroatoms. The molecule has 88 valence electrons. The molecule has 0 spiro atoms. The number of hydrogen-bond acceptors (Lipinski definition) is 3. The molecule has 2 N–H and O–H groups in total. The van der Waals surface area contributed by atoms with Crippen molar-refractivity contribution in [3.63, 3.8) is 0 Å². The number of nitrogens with one attached hydrogen (secondary N) is 1. The average molecular weight is 232 g/mol. The molecule has 0 bridgehead atoms. The SMILES string of the molecule is CCOc1ccc(-c2ncc(C(=O)O)[nH]2)cc1. The highest BCUT2D eigenvalue weighted by atomic mass is 16.5. The summed E-state index contributed by atoms with van der Waals surface area (Å²) in [4.78, 5) is 17.4. The lowest BCUT2D eigenvalue weighted by Gasteiger charge is -2.03. The van der Waals surface area contributed by atoms with E-state index in [9.17, 15) is 4.79 Å². The number of rotatable bonds is 4. The Hall–Kier alpha value is -2.30. The van der Waals surface area contributed by atoms with Crippen LogP contribution in [-0.2, 0) is 0 Å². The highest BCUT2D eigenvalue weighted by molar-refractivity contribution is 5.85. The molecule has 5 nitrogen and oxygen atoms in total. The molecule has 17 heavy (non-hydrogen) atoms. The van der Waals surface area contributed by atoms with Crippen LogP contribution in [0.5, 0.6) is 5.75 Å². The lowest BCUT2D eigenvalue weighted by Crippen LogP contribution is -1.95. The van der Waals surface area contributed by atoms with E-state index in [1.54, 1.807) is 0 Å². The molecule has 0 saturated heterocycles. The summed E-state index contributed by atoms with van der Waals surface area (Å²) in [6.45, 7) is 2.53. The van der Waals surface area contributed by atoms with E-state index in [0.29, 0.717) is 12.4 Å². The Morgan fingerprint density at radius 2 is 2.12 bits per heavy atom. The standard InChI is InChI=1S/C12H12N2O3/c1-2-17-9-5-3-8(4-6-9)11-13-7-10(14-11)12(15)16/h3-7H,2H2,1H3,(H,13,14)(H,15,16). The molecule has 0 fully saturated rings. The zero-order valence-corrected chi connectivity index (χ0v) is 9.30. The van der Waals surface area contributed by atoms with Gasteiger partial charge in [-0.25, -0.2) is 9.78 Å². The fourth-order valence-electron chi connectivity index (χ4n) is 1.45. The van der Waals surface area contributed by atoms with E-state index in [1.807, 2.05) is 31.2 Å². The van der Waals surface area contributed by atoms with E-state index < -0.39 is 5.97 Å². The number of imidazole rings is 1. The third-order valence-electron chi connectivity index (χ3n) is 2.24. The van der Waals surface area contributed by atoms with Crippen LogP contribution in [0.2, 0.25) is 0 Å². The average Bonchev–Trinajstić information content (AvgIpc) is 2.80. The van der Waals surface area contributed by atoms with Crippen molar-refractivity contribution in [1.82, 2.24) is 9.97 Å². The van der Waals surface area contributed by atoms with Crippen LogP contribution < -0.4 is 4.74 Å². The Morgan fingerprint density at radius 1 is 1.41 bits per heavy atom. The van der Waals surface area contributed by atoms with E-state index in [0.717, 1.165) is 11.3 Å². The molecule has 2 aromatic rings. The second-order valence-corrected chi connectivity index (χ2v) is 3.41. The number of ether oxygens (including phenoxy) is 1. The van der Waals surface area contributed by atoms with Gasteiger partial charge in [0.05, 0.1) is 12.8 Å². The van der Waals surface area contributed by atoms with Gasteiger partial charge in [0.2, 0.25) is 0 Å². The Bertz CT molecular complexity index is 517. The number of aromatic carboxylic acids is 1. The van der Waals surface area contributed by atoms with Crippen LogP contribution in [0.1, 0.15) is 17.4 Å². The largest absolute Gasteiger partial charge is 0.494 e. The highest BCUT2D eigenvalue weighted by Gasteiger charge is 2.08. The lowest BCUT2D eigenvalue weighted by molar-refractivity contribution is 0.0691. The van der Waals surface area contributed by atoms with Gasteiger partial charge in [-0.1, -0.05) is 0 Å². The molecular formula is C12H12N2O3. The summed E-state index contributed by atoms with van der Waals surface area (Å²) in [6.07, 6.45) is 1.30. The predicted octanol–water partition coefficient (Wildman–Crippen LogP) is 2.17. The van der Waals surface area contributed by atoms with Crippen molar-refractivity contribution in [3.05, 3.63) is 36.2 Å². The van der Waals surface area contributed by atoms with Gasteiger partial charge in [-0.15, -0.1) is 0 Å². The Balaban J connectivity index is 2.23. The molecule has 1 aromatic heterocycles. The molecule has 0 aliphatic carbocycles. The van der Waals surface area contributed by atoms with Gasteiger partial charge in [0.1, 0.15) is 17.3 Å². The van der Waals surface area contributed by atoms with Crippen LogP contribution in [0.3, 0.4) is 0 Å². The number of carbonyl (C=O) groups is 1. The number of carboxylic acids is 1. The van der Waals surface area contributed by atoms with Crippen LogP contribution in [0.25, 0.3) is 11.4 Å². The van der Waals surface area contributed by atoms with Crippen molar-refractivity contribution in [2.24, 2.45) is 0 Å².